The first-order chi connectivity index (χ1) is 11.7. The van der Waals surface area contributed by atoms with Crippen LogP contribution in [0.5, 0.6) is 0 Å². The zero-order valence-electron chi connectivity index (χ0n) is 13.2. The van der Waals surface area contributed by atoms with Crippen LogP contribution in [0.1, 0.15) is 17.7 Å². The van der Waals surface area contributed by atoms with E-state index in [1.54, 1.807) is 30.3 Å². The number of halogens is 1. The van der Waals surface area contributed by atoms with Crippen molar-refractivity contribution in [3.8, 4) is 11.3 Å². The normalized spacial score (nSPS) is 10.5. The van der Waals surface area contributed by atoms with E-state index in [9.17, 15) is 9.18 Å². The summed E-state index contributed by atoms with van der Waals surface area (Å²) in [5, 5.41) is 2.88. The van der Waals surface area contributed by atoms with Crippen LogP contribution in [0.25, 0.3) is 11.3 Å². The van der Waals surface area contributed by atoms with Crippen molar-refractivity contribution in [3.05, 3.63) is 83.9 Å². The molecule has 1 heterocycles. The number of carbonyl (C=O) groups is 1. The fourth-order valence-electron chi connectivity index (χ4n) is 2.44. The lowest BCUT2D eigenvalue weighted by atomic mass is 10.1. The molecule has 0 saturated heterocycles. The molecule has 0 unspecified atom stereocenters. The van der Waals surface area contributed by atoms with Gasteiger partial charge in [0, 0.05) is 19.4 Å². The predicted octanol–water partition coefficient (Wildman–Crippen LogP) is 4.33. The smallest absolute Gasteiger partial charge is 0.220 e. The Morgan fingerprint density at radius 3 is 2.50 bits per heavy atom. The van der Waals surface area contributed by atoms with Gasteiger partial charge in [0.25, 0.3) is 0 Å². The summed E-state index contributed by atoms with van der Waals surface area (Å²) in [5.74, 6) is 0.789. The molecule has 3 aromatic rings. The van der Waals surface area contributed by atoms with Crippen molar-refractivity contribution in [1.29, 1.82) is 0 Å². The van der Waals surface area contributed by atoms with Gasteiger partial charge in [-0.3, -0.25) is 4.79 Å². The van der Waals surface area contributed by atoms with Gasteiger partial charge in [-0.15, -0.1) is 0 Å². The van der Waals surface area contributed by atoms with E-state index in [-0.39, 0.29) is 11.7 Å². The molecule has 0 radical (unpaired) electrons. The first-order valence-corrected chi connectivity index (χ1v) is 7.86. The second kappa shape index (κ2) is 7.59. The number of benzene rings is 2. The summed E-state index contributed by atoms with van der Waals surface area (Å²) in [5.41, 5.74) is 1.49. The minimum Gasteiger partial charge on any atom is -0.461 e. The Balaban J connectivity index is 1.52. The van der Waals surface area contributed by atoms with Gasteiger partial charge in [0.15, 0.2) is 0 Å². The van der Waals surface area contributed by atoms with E-state index in [0.717, 1.165) is 5.56 Å². The van der Waals surface area contributed by atoms with Crippen LogP contribution in [0.2, 0.25) is 0 Å². The summed E-state index contributed by atoms with van der Waals surface area (Å²) in [6.45, 7) is 0.512. The number of nitrogens with one attached hydrogen (secondary N) is 1. The highest BCUT2D eigenvalue weighted by Gasteiger charge is 2.10. The van der Waals surface area contributed by atoms with Gasteiger partial charge < -0.3 is 9.73 Å². The highest BCUT2D eigenvalue weighted by atomic mass is 19.1. The Labute approximate surface area is 140 Å². The molecule has 3 rings (SSSR count). The molecule has 0 saturated carbocycles. The number of rotatable bonds is 6. The maximum absolute atomic E-state index is 13.7. The van der Waals surface area contributed by atoms with Crippen molar-refractivity contribution >= 4 is 5.91 Å². The van der Waals surface area contributed by atoms with Gasteiger partial charge in [-0.2, -0.15) is 0 Å². The van der Waals surface area contributed by atoms with Gasteiger partial charge in [-0.05, 0) is 29.8 Å². The Kier molecular flexibility index (Phi) is 5.06. The van der Waals surface area contributed by atoms with Crippen LogP contribution in [0, 0.1) is 5.82 Å². The van der Waals surface area contributed by atoms with Crippen molar-refractivity contribution in [2.24, 2.45) is 0 Å². The molecular formula is C20H18FNO2. The van der Waals surface area contributed by atoms with Gasteiger partial charge in [0.1, 0.15) is 17.3 Å². The van der Waals surface area contributed by atoms with Crippen LogP contribution in [0.15, 0.2) is 71.1 Å². The van der Waals surface area contributed by atoms with Gasteiger partial charge >= 0.3 is 0 Å². The third-order valence-corrected chi connectivity index (χ3v) is 3.73. The lowest BCUT2D eigenvalue weighted by Gasteiger charge is -2.04. The molecule has 0 atom stereocenters. The largest absolute Gasteiger partial charge is 0.461 e. The molecule has 0 aliphatic heterocycles. The summed E-state index contributed by atoms with van der Waals surface area (Å²) >= 11 is 0. The number of amides is 1. The molecule has 4 heteroatoms. The van der Waals surface area contributed by atoms with Crippen LogP contribution >= 0.6 is 0 Å². The van der Waals surface area contributed by atoms with Crippen molar-refractivity contribution in [3.63, 3.8) is 0 Å². The molecule has 0 bridgehead atoms. The molecule has 0 aliphatic rings. The van der Waals surface area contributed by atoms with E-state index in [2.05, 4.69) is 5.32 Å². The average molecular weight is 323 g/mol. The Hall–Kier alpha value is -2.88. The number of hydrogen-bond acceptors (Lipinski definition) is 2. The van der Waals surface area contributed by atoms with Gasteiger partial charge in [-0.25, -0.2) is 4.39 Å². The van der Waals surface area contributed by atoms with E-state index >= 15 is 0 Å². The molecule has 0 spiro atoms. The van der Waals surface area contributed by atoms with Gasteiger partial charge in [0.05, 0.1) is 5.56 Å². The first kappa shape index (κ1) is 16.0. The number of furan rings is 1. The van der Waals surface area contributed by atoms with E-state index in [1.807, 2.05) is 30.3 Å². The second-order valence-corrected chi connectivity index (χ2v) is 5.51. The standard InChI is InChI=1S/C20H18FNO2/c21-18-9-5-4-8-17(18)19-12-10-16(24-19)11-13-20(23)22-14-15-6-2-1-3-7-15/h1-10,12H,11,13-14H2,(H,22,23). The maximum atomic E-state index is 13.7. The third-order valence-electron chi connectivity index (χ3n) is 3.73. The summed E-state index contributed by atoms with van der Waals surface area (Å²) < 4.78 is 19.4. The lowest BCUT2D eigenvalue weighted by molar-refractivity contribution is -0.121. The lowest BCUT2D eigenvalue weighted by Crippen LogP contribution is -2.22. The zero-order chi connectivity index (χ0) is 16.8. The highest BCUT2D eigenvalue weighted by molar-refractivity contribution is 5.76. The predicted molar refractivity (Wildman–Crippen MR) is 90.7 cm³/mol. The molecule has 0 aliphatic carbocycles. The van der Waals surface area contributed by atoms with Crippen LogP contribution in [0.4, 0.5) is 4.39 Å². The van der Waals surface area contributed by atoms with Crippen LogP contribution < -0.4 is 5.32 Å². The summed E-state index contributed by atoms with van der Waals surface area (Å²) in [7, 11) is 0. The van der Waals surface area contributed by atoms with E-state index < -0.39 is 0 Å². The van der Waals surface area contributed by atoms with E-state index in [1.165, 1.54) is 6.07 Å². The minimum absolute atomic E-state index is 0.0392. The fourth-order valence-corrected chi connectivity index (χ4v) is 2.44. The Morgan fingerprint density at radius 1 is 0.958 bits per heavy atom. The summed E-state index contributed by atoms with van der Waals surface area (Å²) in [4.78, 5) is 11.9. The van der Waals surface area contributed by atoms with Gasteiger partial charge in [-0.1, -0.05) is 42.5 Å². The number of hydrogen-bond donors (Lipinski definition) is 1. The zero-order valence-corrected chi connectivity index (χ0v) is 13.2. The molecule has 0 fully saturated rings. The summed E-state index contributed by atoms with van der Waals surface area (Å²) in [6.07, 6.45) is 0.812. The van der Waals surface area contributed by atoms with E-state index in [4.69, 9.17) is 4.42 Å². The molecular weight excluding hydrogens is 305 g/mol. The monoisotopic (exact) mass is 323 g/mol. The second-order valence-electron chi connectivity index (χ2n) is 5.51. The molecule has 1 aromatic heterocycles. The topological polar surface area (TPSA) is 42.2 Å². The van der Waals surface area contributed by atoms with Crippen molar-refractivity contribution in [2.45, 2.75) is 19.4 Å². The van der Waals surface area contributed by atoms with Crippen LogP contribution in [-0.4, -0.2) is 5.91 Å². The maximum Gasteiger partial charge on any atom is 0.220 e. The van der Waals surface area contributed by atoms with Crippen LogP contribution in [0.3, 0.4) is 0 Å². The molecule has 1 N–H and O–H groups in total. The number of aryl methyl sites for hydroxylation is 1. The first-order valence-electron chi connectivity index (χ1n) is 7.86. The number of carbonyl (C=O) groups excluding carboxylic acids is 1. The third kappa shape index (κ3) is 4.10. The minimum atomic E-state index is -0.320. The molecule has 122 valence electrons. The molecule has 3 nitrogen and oxygen atoms in total. The quantitative estimate of drug-likeness (QED) is 0.733. The van der Waals surface area contributed by atoms with E-state index in [0.29, 0.717) is 36.5 Å². The average Bonchev–Trinajstić information content (AvgIpc) is 3.08. The van der Waals surface area contributed by atoms with Crippen molar-refractivity contribution in [2.75, 3.05) is 0 Å². The van der Waals surface area contributed by atoms with Crippen molar-refractivity contribution in [1.82, 2.24) is 5.32 Å². The summed E-state index contributed by atoms with van der Waals surface area (Å²) in [6, 6.07) is 19.7. The van der Waals surface area contributed by atoms with Crippen molar-refractivity contribution < 1.29 is 13.6 Å². The fraction of sp³-hybridized carbons (Fsp3) is 0.150. The molecule has 1 amide bonds. The highest BCUT2D eigenvalue weighted by Crippen LogP contribution is 2.25. The van der Waals surface area contributed by atoms with Gasteiger partial charge in [0.2, 0.25) is 5.91 Å². The SMILES string of the molecule is O=C(CCc1ccc(-c2ccccc2F)o1)NCc1ccccc1. The molecule has 24 heavy (non-hydrogen) atoms. The van der Waals surface area contributed by atoms with Crippen LogP contribution in [-0.2, 0) is 17.8 Å². The Morgan fingerprint density at radius 2 is 1.71 bits per heavy atom. The molecule has 2 aromatic carbocycles. The Bertz CT molecular complexity index is 811.